The molecule has 9 nitrogen and oxygen atoms in total. The van der Waals surface area contributed by atoms with Crippen molar-refractivity contribution < 1.29 is 42.9 Å². The number of hydrogen-bond donors (Lipinski definition) is 0. The number of esters is 2. The normalized spacial score (nSPS) is 13.5. The van der Waals surface area contributed by atoms with Crippen LogP contribution in [0.3, 0.4) is 0 Å². The number of likely N-dealkylation sites (N-methyl/N-ethyl adjacent to an activating group) is 1. The number of quaternary nitrogens is 1. The Labute approximate surface area is 548 Å². The fourth-order valence-corrected chi connectivity index (χ4v) is 9.92. The van der Waals surface area contributed by atoms with Gasteiger partial charge in [0, 0.05) is 12.8 Å². The zero-order chi connectivity index (χ0) is 64.7. The molecule has 0 aromatic heterocycles. The first-order chi connectivity index (χ1) is 43.6. The topological polar surface area (TPSA) is 111 Å². The number of carboxylic acid groups (broad SMARTS) is 1. The lowest BCUT2D eigenvalue weighted by atomic mass is 10.0. The number of ether oxygens (including phenoxy) is 4. The Morgan fingerprint density at radius 1 is 0.337 bits per heavy atom. The molecule has 9 heteroatoms. The molecule has 0 bridgehead atoms. The second kappa shape index (κ2) is 69.3. The molecule has 0 fully saturated rings. The first-order valence-electron chi connectivity index (χ1n) is 36.3. The maximum absolute atomic E-state index is 13.0. The van der Waals surface area contributed by atoms with Gasteiger partial charge >= 0.3 is 11.9 Å². The van der Waals surface area contributed by atoms with Gasteiger partial charge < -0.3 is 33.3 Å². The number of carboxylic acids is 1. The fraction of sp³-hybridized carbons (Fsp3) is 0.688. The van der Waals surface area contributed by atoms with Crippen LogP contribution >= 0.6 is 0 Å². The van der Waals surface area contributed by atoms with E-state index in [1.165, 1.54) is 154 Å². The number of hydrogen-bond acceptors (Lipinski definition) is 8. The number of carbonyl (C=O) groups is 3. The van der Waals surface area contributed by atoms with E-state index in [9.17, 15) is 19.5 Å². The van der Waals surface area contributed by atoms with Crippen LogP contribution in [-0.2, 0) is 33.3 Å². The summed E-state index contributed by atoms with van der Waals surface area (Å²) in [6.45, 7) is 4.54. The number of nitrogens with zero attached hydrogens (tertiary/aromatic N) is 1. The van der Waals surface area contributed by atoms with E-state index in [2.05, 4.69) is 148 Å². The van der Waals surface area contributed by atoms with Gasteiger partial charge in [-0.3, -0.25) is 9.59 Å². The standard InChI is InChI=1S/C80H135NO8/c1-6-8-10-12-14-16-18-20-22-24-26-28-30-32-34-35-36-37-38-39-40-41-42-43-45-47-49-51-53-55-57-59-61-63-65-67-69-71-78(83)89-76(75-88-80(79(84)85)86-73-72-81(3,4)5)74-87-77(82)70-68-66-64-62-60-58-56-54-52-50-48-46-44-33-31-29-27-25-23-21-19-17-15-13-11-9-7-2/h8-11,14-17,20-23,26-29,32,34,36-37,39-40,76,80H,6-7,12-13,18-19,24-25,30-31,33,35,38,41-75H2,1-5H3/b10-8-,11-9-,16-14-,17-15-,22-20-,23-21-,28-26-,29-27-,34-32-,37-36-,40-39-. The molecule has 2 unspecified atom stereocenters. The molecule has 0 saturated heterocycles. The van der Waals surface area contributed by atoms with Crippen LogP contribution in [0.5, 0.6) is 0 Å². The molecule has 0 saturated carbocycles. The van der Waals surface area contributed by atoms with Gasteiger partial charge in [-0.1, -0.05) is 308 Å². The van der Waals surface area contributed by atoms with Crippen LogP contribution in [0.2, 0.25) is 0 Å². The van der Waals surface area contributed by atoms with Gasteiger partial charge in [0.15, 0.2) is 12.4 Å². The van der Waals surface area contributed by atoms with E-state index in [0.717, 1.165) is 109 Å². The molecule has 0 amide bonds. The average Bonchev–Trinajstić information content (AvgIpc) is 3.70. The van der Waals surface area contributed by atoms with E-state index in [-0.39, 0.29) is 38.6 Å². The van der Waals surface area contributed by atoms with Gasteiger partial charge in [0.1, 0.15) is 13.2 Å². The van der Waals surface area contributed by atoms with Crippen molar-refractivity contribution in [1.29, 1.82) is 0 Å². The molecule has 2 atom stereocenters. The lowest BCUT2D eigenvalue weighted by Gasteiger charge is -2.26. The summed E-state index contributed by atoms with van der Waals surface area (Å²) in [5, 5.41) is 11.8. The van der Waals surface area contributed by atoms with E-state index < -0.39 is 24.3 Å². The van der Waals surface area contributed by atoms with Crippen LogP contribution in [0.1, 0.15) is 296 Å². The lowest BCUT2D eigenvalue weighted by Crippen LogP contribution is -2.44. The first-order valence-corrected chi connectivity index (χ1v) is 36.3. The summed E-state index contributed by atoms with van der Waals surface area (Å²) in [5.41, 5.74) is 0. The molecule has 89 heavy (non-hydrogen) atoms. The van der Waals surface area contributed by atoms with Gasteiger partial charge in [-0.2, -0.15) is 0 Å². The highest BCUT2D eigenvalue weighted by Crippen LogP contribution is 2.17. The van der Waals surface area contributed by atoms with Crippen LogP contribution in [0, 0.1) is 0 Å². The minimum Gasteiger partial charge on any atom is -0.545 e. The molecule has 0 spiro atoms. The Hall–Kier alpha value is -4.57. The highest BCUT2D eigenvalue weighted by molar-refractivity contribution is 5.70. The molecular weight excluding hydrogens is 1100 g/mol. The van der Waals surface area contributed by atoms with Crippen molar-refractivity contribution >= 4 is 17.9 Å². The zero-order valence-electron chi connectivity index (χ0n) is 58.0. The molecule has 0 rings (SSSR count). The van der Waals surface area contributed by atoms with Crippen molar-refractivity contribution in [2.75, 3.05) is 47.5 Å². The smallest absolute Gasteiger partial charge is 0.306 e. The Morgan fingerprint density at radius 2 is 0.607 bits per heavy atom. The predicted octanol–water partition coefficient (Wildman–Crippen LogP) is 21.6. The minimum absolute atomic E-state index is 0.143. The Morgan fingerprint density at radius 3 is 0.899 bits per heavy atom. The molecular formula is C80H135NO8. The first kappa shape index (κ1) is 84.4. The van der Waals surface area contributed by atoms with Crippen LogP contribution in [0.15, 0.2) is 134 Å². The molecule has 0 N–H and O–H groups in total. The summed E-state index contributed by atoms with van der Waals surface area (Å²) in [6.07, 6.45) is 96.8. The summed E-state index contributed by atoms with van der Waals surface area (Å²) in [6, 6.07) is 0. The quantitative estimate of drug-likeness (QED) is 0.0195. The summed E-state index contributed by atoms with van der Waals surface area (Å²) in [4.78, 5) is 37.5. The van der Waals surface area contributed by atoms with Crippen molar-refractivity contribution in [1.82, 2.24) is 0 Å². The van der Waals surface area contributed by atoms with E-state index >= 15 is 0 Å². The van der Waals surface area contributed by atoms with Crippen molar-refractivity contribution in [2.24, 2.45) is 0 Å². The summed E-state index contributed by atoms with van der Waals surface area (Å²) in [7, 11) is 5.93. The van der Waals surface area contributed by atoms with E-state index in [0.29, 0.717) is 17.4 Å². The number of rotatable bonds is 66. The molecule has 0 aliphatic heterocycles. The molecule has 508 valence electrons. The van der Waals surface area contributed by atoms with Crippen molar-refractivity contribution in [3.8, 4) is 0 Å². The number of aliphatic carboxylic acids is 1. The third-order valence-electron chi connectivity index (χ3n) is 15.4. The van der Waals surface area contributed by atoms with Gasteiger partial charge in [-0.15, -0.1) is 0 Å². The minimum atomic E-state index is -1.63. The third kappa shape index (κ3) is 70.7. The number of allylic oxidation sites excluding steroid dienone is 22. The number of carbonyl (C=O) groups excluding carboxylic acids is 3. The summed E-state index contributed by atoms with van der Waals surface area (Å²) >= 11 is 0. The Kier molecular flexibility index (Phi) is 65.8. The highest BCUT2D eigenvalue weighted by Gasteiger charge is 2.22. The Bertz CT molecular complexity index is 1930. The largest absolute Gasteiger partial charge is 0.545 e. The molecule has 0 heterocycles. The second-order valence-electron chi connectivity index (χ2n) is 25.1. The van der Waals surface area contributed by atoms with Gasteiger partial charge in [0.25, 0.3) is 0 Å². The second-order valence-corrected chi connectivity index (χ2v) is 25.1. The van der Waals surface area contributed by atoms with Crippen LogP contribution in [0.25, 0.3) is 0 Å². The lowest BCUT2D eigenvalue weighted by molar-refractivity contribution is -0.870. The van der Waals surface area contributed by atoms with Gasteiger partial charge in [0.05, 0.1) is 40.3 Å². The highest BCUT2D eigenvalue weighted by atomic mass is 16.7. The van der Waals surface area contributed by atoms with Crippen molar-refractivity contribution in [3.05, 3.63) is 134 Å². The predicted molar refractivity (Wildman–Crippen MR) is 379 cm³/mol. The van der Waals surface area contributed by atoms with E-state index in [1.54, 1.807) is 0 Å². The average molecular weight is 1240 g/mol. The number of unbranched alkanes of at least 4 members (excludes halogenated alkanes) is 29. The van der Waals surface area contributed by atoms with Crippen LogP contribution in [-0.4, -0.2) is 82.3 Å². The monoisotopic (exact) mass is 1240 g/mol. The van der Waals surface area contributed by atoms with Gasteiger partial charge in [0.2, 0.25) is 0 Å². The third-order valence-corrected chi connectivity index (χ3v) is 15.4. The van der Waals surface area contributed by atoms with E-state index in [1.807, 2.05) is 21.1 Å². The fourth-order valence-electron chi connectivity index (χ4n) is 9.92. The van der Waals surface area contributed by atoms with Crippen LogP contribution < -0.4 is 5.11 Å². The molecule has 0 radical (unpaired) electrons. The van der Waals surface area contributed by atoms with Crippen LogP contribution in [0.4, 0.5) is 0 Å². The van der Waals surface area contributed by atoms with Gasteiger partial charge in [-0.25, -0.2) is 0 Å². The summed E-state index contributed by atoms with van der Waals surface area (Å²) < 4.78 is 22.8. The molecule has 0 aromatic carbocycles. The van der Waals surface area contributed by atoms with E-state index in [4.69, 9.17) is 18.9 Å². The zero-order valence-corrected chi connectivity index (χ0v) is 58.0. The molecule has 0 aliphatic rings. The van der Waals surface area contributed by atoms with Crippen molar-refractivity contribution in [2.45, 2.75) is 309 Å². The van der Waals surface area contributed by atoms with Gasteiger partial charge in [-0.05, 0) is 109 Å². The molecule has 0 aliphatic carbocycles. The molecule has 0 aromatic rings. The maximum atomic E-state index is 13.0. The maximum Gasteiger partial charge on any atom is 0.306 e. The van der Waals surface area contributed by atoms with Crippen molar-refractivity contribution in [3.63, 3.8) is 0 Å². The SMILES string of the molecule is CC/C=C\C/C=C\C/C=C\C/C=C\C/C=C\C/C=C\C/C=C\CCCCCCCCCCCCCCCCCC(=O)OC(COC(=O)CCCCCCCCCCCCCCCC/C=C\C/C=C\C/C=C\C/C=C\CC)COC(OCC[N+](C)(C)C)C(=O)[O-]. The Balaban J connectivity index is 4.10. The summed E-state index contributed by atoms with van der Waals surface area (Å²) in [5.74, 6) is -2.28.